The minimum Gasteiger partial charge on any atom is -0.394 e. The Morgan fingerprint density at radius 3 is 0.973 bits per heavy atom. The number of ether oxygens (including phenoxy) is 6. The number of hydrogen-bond acceptors (Lipinski definition) is 18. The lowest BCUT2D eigenvalue weighted by Gasteiger charge is -2.48. The molecule has 17 unspecified atom stereocenters. The Morgan fingerprint density at radius 2 is 0.622 bits per heavy atom. The molecule has 19 heteroatoms. The van der Waals surface area contributed by atoms with E-state index in [9.17, 15) is 61.0 Å². The predicted octanol–water partition coefficient (Wildman–Crippen LogP) is 16.4. The third-order valence-corrected chi connectivity index (χ3v) is 21.0. The molecule has 0 aromatic rings. The van der Waals surface area contributed by atoms with Crippen molar-refractivity contribution in [2.45, 2.75) is 413 Å². The first-order valence-corrected chi connectivity index (χ1v) is 43.9. The zero-order valence-corrected chi connectivity index (χ0v) is 68.6. The van der Waals surface area contributed by atoms with E-state index in [1.807, 2.05) is 6.08 Å². The number of unbranched alkanes of at least 4 members (excludes halogenated alkanes) is 33. The first kappa shape index (κ1) is 101. The van der Waals surface area contributed by atoms with Crippen molar-refractivity contribution in [1.29, 1.82) is 0 Å². The first-order valence-electron chi connectivity index (χ1n) is 43.9. The normalized spacial score (nSPS) is 25.7. The summed E-state index contributed by atoms with van der Waals surface area (Å²) in [4.78, 5) is 13.5. The van der Waals surface area contributed by atoms with Crippen molar-refractivity contribution < 1.29 is 89.4 Å². The van der Waals surface area contributed by atoms with Crippen LogP contribution in [0.4, 0.5) is 0 Å². The fourth-order valence-electron chi connectivity index (χ4n) is 14.0. The van der Waals surface area contributed by atoms with Crippen LogP contribution in [0.5, 0.6) is 0 Å². The summed E-state index contributed by atoms with van der Waals surface area (Å²) in [5.41, 5.74) is 0. The lowest BCUT2D eigenvalue weighted by Crippen LogP contribution is -2.66. The lowest BCUT2D eigenvalue weighted by molar-refractivity contribution is -0.379. The Hall–Kier alpha value is -4.07. The maximum Gasteiger partial charge on any atom is 0.220 e. The molecule has 3 aliphatic heterocycles. The standard InChI is InChI=1S/C92H157NO18/c1-3-5-7-9-11-13-15-17-19-21-23-25-27-29-31-33-35-36-37-38-40-42-44-46-48-50-52-54-56-58-60-62-64-66-68-70-80(98)93-75(76(97)69-67-65-63-61-59-57-55-53-51-49-47-45-43-41-39-34-32-30-28-26-24-22-20-18-16-14-12-10-8-6-4-2)74-106-90-86(104)83(101)88(78(72-95)108-90)111-92-87(105)84(102)89(79(73-96)109-92)110-91-85(103)82(100)81(99)77(71-94)107-91/h5,7,11,13,17,19,23,25,29,31,35-36,38,40,44,46,50,52,56,58,67,69,75-79,81-92,94-97,99-105H,3-4,6,8-10,12,14-16,18,20-22,24,26-28,30,32-34,37,39,41-43,45,47-49,51,53-55,57,59-66,68,70-74H2,1-2H3,(H,93,98)/b7-5-,13-11-,19-17-,25-23-,31-29-,36-35-,40-38-,46-44-,52-50-,58-56-,69-67+. The smallest absolute Gasteiger partial charge is 0.220 e. The van der Waals surface area contributed by atoms with Crippen molar-refractivity contribution in [3.63, 3.8) is 0 Å². The van der Waals surface area contributed by atoms with Gasteiger partial charge < -0.3 is 89.9 Å². The molecule has 0 aromatic heterocycles. The van der Waals surface area contributed by atoms with Gasteiger partial charge in [0, 0.05) is 6.42 Å². The SMILES string of the molecule is CC/C=C\C/C=C\C/C=C\C/C=C\C/C=C\C/C=C\C/C=C\C/C=C\C/C=C\C/C=C\CCCCCCC(=O)NC(COC1OC(CO)C(OC2OC(CO)C(OC3OC(CO)C(O)C(O)C3O)C(O)C2O)C(O)C1O)C(O)/C=C/CCCCCCCCCCCCCCCCCCCCCCCCCCCCCCC. The van der Waals surface area contributed by atoms with Crippen molar-refractivity contribution in [2.75, 3.05) is 26.4 Å². The van der Waals surface area contributed by atoms with Crippen molar-refractivity contribution in [3.8, 4) is 0 Å². The van der Waals surface area contributed by atoms with Gasteiger partial charge in [-0.25, -0.2) is 0 Å². The molecule has 3 fully saturated rings. The van der Waals surface area contributed by atoms with E-state index in [2.05, 4.69) is 141 Å². The number of carbonyl (C=O) groups is 1. The van der Waals surface area contributed by atoms with Crippen LogP contribution in [0, 0.1) is 0 Å². The highest BCUT2D eigenvalue weighted by Gasteiger charge is 2.54. The number of aliphatic hydroxyl groups is 11. The van der Waals surface area contributed by atoms with Crippen LogP contribution >= 0.6 is 0 Å². The fraction of sp³-hybridized carbons (Fsp3) is 0.750. The van der Waals surface area contributed by atoms with Gasteiger partial charge in [-0.2, -0.15) is 0 Å². The maximum atomic E-state index is 13.5. The molecule has 19 nitrogen and oxygen atoms in total. The van der Waals surface area contributed by atoms with Gasteiger partial charge in [0.1, 0.15) is 73.2 Å². The van der Waals surface area contributed by atoms with E-state index in [4.69, 9.17) is 28.4 Å². The van der Waals surface area contributed by atoms with Crippen molar-refractivity contribution in [3.05, 3.63) is 134 Å². The molecule has 0 radical (unpaired) electrons. The van der Waals surface area contributed by atoms with Crippen LogP contribution < -0.4 is 5.32 Å². The van der Waals surface area contributed by atoms with E-state index < -0.39 is 124 Å². The van der Waals surface area contributed by atoms with Crippen molar-refractivity contribution in [2.24, 2.45) is 0 Å². The highest BCUT2D eigenvalue weighted by molar-refractivity contribution is 5.76. The molecule has 3 heterocycles. The molecule has 0 spiro atoms. The Morgan fingerprint density at radius 1 is 0.333 bits per heavy atom. The van der Waals surface area contributed by atoms with Gasteiger partial charge in [0.15, 0.2) is 18.9 Å². The van der Waals surface area contributed by atoms with Crippen LogP contribution in [0.2, 0.25) is 0 Å². The Balaban J connectivity index is 1.37. The lowest BCUT2D eigenvalue weighted by atomic mass is 9.96. The summed E-state index contributed by atoms with van der Waals surface area (Å²) in [5, 5.41) is 121. The third-order valence-electron chi connectivity index (χ3n) is 21.0. The fourth-order valence-corrected chi connectivity index (χ4v) is 14.0. The molecule has 17 atom stereocenters. The number of hydrogen-bond donors (Lipinski definition) is 12. The van der Waals surface area contributed by atoms with Crippen molar-refractivity contribution >= 4 is 5.91 Å². The minimum atomic E-state index is -1.99. The topological polar surface area (TPSA) is 307 Å². The molecule has 12 N–H and O–H groups in total. The summed E-state index contributed by atoms with van der Waals surface area (Å²) < 4.78 is 34.5. The summed E-state index contributed by atoms with van der Waals surface area (Å²) >= 11 is 0. The molecule has 111 heavy (non-hydrogen) atoms. The van der Waals surface area contributed by atoms with Crippen LogP contribution in [0.1, 0.15) is 309 Å². The highest BCUT2D eigenvalue weighted by atomic mass is 16.8. The second-order valence-electron chi connectivity index (χ2n) is 30.6. The number of amides is 1. The summed E-state index contributed by atoms with van der Waals surface area (Å²) in [6.07, 6.45) is 74.4. The minimum absolute atomic E-state index is 0.205. The van der Waals surface area contributed by atoms with Gasteiger partial charge in [-0.1, -0.05) is 340 Å². The molecule has 3 saturated heterocycles. The van der Waals surface area contributed by atoms with Gasteiger partial charge >= 0.3 is 0 Å². The summed E-state index contributed by atoms with van der Waals surface area (Å²) in [7, 11) is 0. The van der Waals surface area contributed by atoms with Gasteiger partial charge in [0.2, 0.25) is 5.91 Å². The number of aliphatic hydroxyl groups excluding tert-OH is 11. The van der Waals surface area contributed by atoms with Crippen LogP contribution in [0.15, 0.2) is 134 Å². The van der Waals surface area contributed by atoms with Crippen LogP contribution in [-0.2, 0) is 33.2 Å². The molecule has 0 saturated carbocycles. The molecule has 0 aliphatic carbocycles. The van der Waals surface area contributed by atoms with E-state index in [1.165, 1.54) is 167 Å². The van der Waals surface area contributed by atoms with E-state index in [0.29, 0.717) is 6.42 Å². The number of nitrogens with one attached hydrogen (secondary N) is 1. The molecule has 3 rings (SSSR count). The number of allylic oxidation sites excluding steroid dienone is 21. The zero-order valence-electron chi connectivity index (χ0n) is 68.6. The van der Waals surface area contributed by atoms with E-state index in [-0.39, 0.29) is 18.9 Å². The van der Waals surface area contributed by atoms with Crippen LogP contribution in [-0.4, -0.2) is 193 Å². The molecule has 1 amide bonds. The second kappa shape index (κ2) is 70.2. The quantitative estimate of drug-likeness (QED) is 0.0199. The zero-order chi connectivity index (χ0) is 80.3. The number of rotatable bonds is 69. The third kappa shape index (κ3) is 48.9. The van der Waals surface area contributed by atoms with Gasteiger partial charge in [-0.3, -0.25) is 4.79 Å². The number of carbonyl (C=O) groups excluding carboxylic acids is 1. The maximum absolute atomic E-state index is 13.5. The molecule has 3 aliphatic rings. The summed E-state index contributed by atoms with van der Waals surface area (Å²) in [6, 6.07) is -1.000. The predicted molar refractivity (Wildman–Crippen MR) is 447 cm³/mol. The summed E-state index contributed by atoms with van der Waals surface area (Å²) in [5.74, 6) is -0.302. The second-order valence-corrected chi connectivity index (χ2v) is 30.6. The average molecular weight is 1570 g/mol. The van der Waals surface area contributed by atoms with Gasteiger partial charge in [0.25, 0.3) is 0 Å². The molecule has 638 valence electrons. The highest BCUT2D eigenvalue weighted by Crippen LogP contribution is 2.33. The van der Waals surface area contributed by atoms with Gasteiger partial charge in [0.05, 0.1) is 38.6 Å². The van der Waals surface area contributed by atoms with Gasteiger partial charge in [-0.05, 0) is 96.3 Å². The van der Waals surface area contributed by atoms with Crippen molar-refractivity contribution in [1.82, 2.24) is 5.32 Å². The Labute approximate surface area is 670 Å². The molecular formula is C92H157NO18. The summed E-state index contributed by atoms with van der Waals surface area (Å²) in [6.45, 7) is 1.63. The largest absolute Gasteiger partial charge is 0.394 e. The van der Waals surface area contributed by atoms with Crippen LogP contribution in [0.25, 0.3) is 0 Å². The Bertz CT molecular complexity index is 2530. The Kier molecular flexibility index (Phi) is 63.9. The molecule has 0 bridgehead atoms. The average Bonchev–Trinajstić information content (AvgIpc) is 0.780. The van der Waals surface area contributed by atoms with E-state index in [1.54, 1.807) is 6.08 Å². The monoisotopic (exact) mass is 1560 g/mol. The molecular weight excluding hydrogens is 1410 g/mol. The first-order chi connectivity index (χ1) is 54.3. The van der Waals surface area contributed by atoms with Gasteiger partial charge in [-0.15, -0.1) is 0 Å². The molecule has 0 aromatic carbocycles. The van der Waals surface area contributed by atoms with E-state index in [0.717, 1.165) is 116 Å². The van der Waals surface area contributed by atoms with E-state index >= 15 is 0 Å². The van der Waals surface area contributed by atoms with Crippen LogP contribution in [0.3, 0.4) is 0 Å².